The first-order chi connectivity index (χ1) is 10.1. The molecule has 0 heterocycles. The van der Waals surface area contributed by atoms with Gasteiger partial charge in [-0.15, -0.1) is 0 Å². The zero-order valence-electron chi connectivity index (χ0n) is 14.1. The van der Waals surface area contributed by atoms with Crippen LogP contribution in [0.1, 0.15) is 52.0 Å². The molecule has 1 aliphatic carbocycles. The lowest BCUT2D eigenvalue weighted by atomic mass is 9.57. The SMILES string of the molecule is CCCC1CC(CNCC(C)C)(c2ccc(OC)cc2)C1. The van der Waals surface area contributed by atoms with E-state index in [4.69, 9.17) is 4.74 Å². The van der Waals surface area contributed by atoms with Crippen molar-refractivity contribution in [3.8, 4) is 5.75 Å². The van der Waals surface area contributed by atoms with Crippen LogP contribution in [0.25, 0.3) is 0 Å². The van der Waals surface area contributed by atoms with Crippen LogP contribution in [0.4, 0.5) is 0 Å². The van der Waals surface area contributed by atoms with E-state index in [0.29, 0.717) is 11.3 Å². The molecule has 0 bridgehead atoms. The van der Waals surface area contributed by atoms with E-state index in [1.165, 1.54) is 31.2 Å². The molecule has 1 aromatic rings. The Labute approximate surface area is 130 Å². The Hall–Kier alpha value is -1.02. The fraction of sp³-hybridized carbons (Fsp3) is 0.684. The first-order valence-electron chi connectivity index (χ1n) is 8.45. The summed E-state index contributed by atoms with van der Waals surface area (Å²) < 4.78 is 5.29. The highest BCUT2D eigenvalue weighted by atomic mass is 16.5. The lowest BCUT2D eigenvalue weighted by Crippen LogP contribution is -2.49. The number of ether oxygens (including phenoxy) is 1. The summed E-state index contributed by atoms with van der Waals surface area (Å²) in [4.78, 5) is 0. The Balaban J connectivity index is 2.05. The molecule has 1 aliphatic rings. The number of rotatable bonds is 8. The second-order valence-corrected chi connectivity index (χ2v) is 7.10. The molecule has 0 spiro atoms. The van der Waals surface area contributed by atoms with E-state index in [-0.39, 0.29) is 0 Å². The topological polar surface area (TPSA) is 21.3 Å². The average Bonchev–Trinajstić information content (AvgIpc) is 2.44. The molecule has 0 aliphatic heterocycles. The van der Waals surface area contributed by atoms with Crippen molar-refractivity contribution < 1.29 is 4.74 Å². The highest BCUT2D eigenvalue weighted by molar-refractivity contribution is 5.35. The van der Waals surface area contributed by atoms with E-state index in [1.54, 1.807) is 7.11 Å². The predicted molar refractivity (Wildman–Crippen MR) is 90.0 cm³/mol. The molecule has 1 N–H and O–H groups in total. The van der Waals surface area contributed by atoms with E-state index >= 15 is 0 Å². The minimum atomic E-state index is 0.348. The zero-order valence-corrected chi connectivity index (χ0v) is 14.1. The number of nitrogens with one attached hydrogen (secondary N) is 1. The monoisotopic (exact) mass is 289 g/mol. The molecule has 0 unspecified atom stereocenters. The molecule has 2 nitrogen and oxygen atoms in total. The van der Waals surface area contributed by atoms with Gasteiger partial charge in [-0.1, -0.05) is 45.7 Å². The quantitative estimate of drug-likeness (QED) is 0.766. The van der Waals surface area contributed by atoms with Crippen LogP contribution in [-0.2, 0) is 5.41 Å². The number of hydrogen-bond donors (Lipinski definition) is 1. The van der Waals surface area contributed by atoms with Gasteiger partial charge >= 0.3 is 0 Å². The first-order valence-corrected chi connectivity index (χ1v) is 8.45. The second kappa shape index (κ2) is 7.31. The fourth-order valence-corrected chi connectivity index (χ4v) is 3.68. The van der Waals surface area contributed by atoms with Gasteiger partial charge in [-0.2, -0.15) is 0 Å². The van der Waals surface area contributed by atoms with Gasteiger partial charge in [0.25, 0.3) is 0 Å². The number of methoxy groups -OCH3 is 1. The van der Waals surface area contributed by atoms with Crippen LogP contribution in [0.5, 0.6) is 5.75 Å². The minimum Gasteiger partial charge on any atom is -0.497 e. The largest absolute Gasteiger partial charge is 0.497 e. The number of benzene rings is 1. The highest BCUT2D eigenvalue weighted by Crippen LogP contribution is 2.49. The van der Waals surface area contributed by atoms with Crippen molar-refractivity contribution in [3.05, 3.63) is 29.8 Å². The van der Waals surface area contributed by atoms with Crippen LogP contribution in [0.15, 0.2) is 24.3 Å². The van der Waals surface area contributed by atoms with Gasteiger partial charge in [-0.05, 0) is 48.9 Å². The Morgan fingerprint density at radius 2 is 1.90 bits per heavy atom. The van der Waals surface area contributed by atoms with Crippen LogP contribution in [-0.4, -0.2) is 20.2 Å². The average molecular weight is 289 g/mol. The summed E-state index contributed by atoms with van der Waals surface area (Å²) in [6.45, 7) is 9.06. The standard InChI is InChI=1S/C19H31NO/c1-5-6-16-11-19(12-16,14-20-13-15(2)3)17-7-9-18(21-4)10-8-17/h7-10,15-16,20H,5-6,11-14H2,1-4H3. The van der Waals surface area contributed by atoms with Gasteiger partial charge in [0.15, 0.2) is 0 Å². The molecule has 2 heteroatoms. The minimum absolute atomic E-state index is 0.348. The van der Waals surface area contributed by atoms with Crippen molar-refractivity contribution >= 4 is 0 Å². The van der Waals surface area contributed by atoms with E-state index in [9.17, 15) is 0 Å². The van der Waals surface area contributed by atoms with E-state index in [2.05, 4.69) is 50.4 Å². The Morgan fingerprint density at radius 1 is 1.24 bits per heavy atom. The molecule has 0 saturated heterocycles. The fourth-order valence-electron chi connectivity index (χ4n) is 3.68. The molecule has 0 atom stereocenters. The molecule has 1 aromatic carbocycles. The van der Waals surface area contributed by atoms with E-state index in [1.807, 2.05) is 0 Å². The predicted octanol–water partition coefficient (Wildman–Crippen LogP) is 4.39. The first kappa shape index (κ1) is 16.4. The lowest BCUT2D eigenvalue weighted by Gasteiger charge is -2.49. The van der Waals surface area contributed by atoms with Crippen LogP contribution in [0.3, 0.4) is 0 Å². The van der Waals surface area contributed by atoms with Crippen LogP contribution >= 0.6 is 0 Å². The van der Waals surface area contributed by atoms with Crippen LogP contribution in [0, 0.1) is 11.8 Å². The normalized spacial score (nSPS) is 24.9. The van der Waals surface area contributed by atoms with Crippen molar-refractivity contribution in [2.75, 3.05) is 20.2 Å². The molecular weight excluding hydrogens is 258 g/mol. The van der Waals surface area contributed by atoms with Crippen LogP contribution < -0.4 is 10.1 Å². The van der Waals surface area contributed by atoms with Gasteiger partial charge in [0.1, 0.15) is 5.75 Å². The summed E-state index contributed by atoms with van der Waals surface area (Å²) in [6.07, 6.45) is 5.35. The van der Waals surface area contributed by atoms with Crippen molar-refractivity contribution in [2.45, 2.75) is 51.9 Å². The van der Waals surface area contributed by atoms with Crippen molar-refractivity contribution in [3.63, 3.8) is 0 Å². The van der Waals surface area contributed by atoms with E-state index < -0.39 is 0 Å². The van der Waals surface area contributed by atoms with Gasteiger partial charge in [0.05, 0.1) is 7.11 Å². The molecule has 0 radical (unpaired) electrons. The zero-order chi connectivity index (χ0) is 15.3. The third-order valence-electron chi connectivity index (χ3n) is 4.77. The summed E-state index contributed by atoms with van der Waals surface area (Å²) in [5, 5.41) is 3.69. The maximum absolute atomic E-state index is 5.29. The summed E-state index contributed by atoms with van der Waals surface area (Å²) in [5.41, 5.74) is 1.83. The lowest BCUT2D eigenvalue weighted by molar-refractivity contribution is 0.127. The Morgan fingerprint density at radius 3 is 2.43 bits per heavy atom. The Bertz CT molecular complexity index is 418. The molecule has 1 saturated carbocycles. The third-order valence-corrected chi connectivity index (χ3v) is 4.77. The van der Waals surface area contributed by atoms with Gasteiger partial charge in [0, 0.05) is 12.0 Å². The van der Waals surface area contributed by atoms with Gasteiger partial charge in [-0.3, -0.25) is 0 Å². The number of hydrogen-bond acceptors (Lipinski definition) is 2. The van der Waals surface area contributed by atoms with Crippen LogP contribution in [0.2, 0.25) is 0 Å². The summed E-state index contributed by atoms with van der Waals surface area (Å²) >= 11 is 0. The van der Waals surface area contributed by atoms with Crippen molar-refractivity contribution in [2.24, 2.45) is 11.8 Å². The maximum Gasteiger partial charge on any atom is 0.118 e. The van der Waals surface area contributed by atoms with Gasteiger partial charge in [0.2, 0.25) is 0 Å². The molecule has 0 amide bonds. The molecular formula is C19H31NO. The summed E-state index contributed by atoms with van der Waals surface area (Å²) in [6, 6.07) is 8.73. The molecule has 0 aromatic heterocycles. The Kier molecular flexibility index (Phi) is 5.69. The van der Waals surface area contributed by atoms with E-state index in [0.717, 1.165) is 24.8 Å². The smallest absolute Gasteiger partial charge is 0.118 e. The molecule has 2 rings (SSSR count). The molecule has 21 heavy (non-hydrogen) atoms. The van der Waals surface area contributed by atoms with Crippen molar-refractivity contribution in [1.29, 1.82) is 0 Å². The second-order valence-electron chi connectivity index (χ2n) is 7.10. The molecule has 118 valence electrons. The summed E-state index contributed by atoms with van der Waals surface area (Å²) in [7, 11) is 1.73. The summed E-state index contributed by atoms with van der Waals surface area (Å²) in [5.74, 6) is 2.58. The highest BCUT2D eigenvalue weighted by Gasteiger charge is 2.44. The van der Waals surface area contributed by atoms with Crippen molar-refractivity contribution in [1.82, 2.24) is 5.32 Å². The molecule has 1 fully saturated rings. The third kappa shape index (κ3) is 4.00. The maximum atomic E-state index is 5.29. The van der Waals surface area contributed by atoms with Gasteiger partial charge < -0.3 is 10.1 Å². The van der Waals surface area contributed by atoms with Gasteiger partial charge in [-0.25, -0.2) is 0 Å².